The molecule has 0 bridgehead atoms. The molecule has 7 heteroatoms. The molecule has 3 heterocycles. The summed E-state index contributed by atoms with van der Waals surface area (Å²) in [7, 11) is 0. The quantitative estimate of drug-likeness (QED) is 0.363. The topological polar surface area (TPSA) is 83.2 Å². The number of benzene rings is 3. The van der Waals surface area contributed by atoms with Gasteiger partial charge in [0.15, 0.2) is 0 Å². The molecule has 1 aromatic heterocycles. The van der Waals surface area contributed by atoms with E-state index in [1.54, 1.807) is 41.4 Å². The molecule has 33 heavy (non-hydrogen) atoms. The Bertz CT molecular complexity index is 1490. The number of carbonyl (C=O) groups excluding carboxylic acids is 2. The summed E-state index contributed by atoms with van der Waals surface area (Å²) < 4.78 is 5.34. The molecular formula is C26H17N3O4. The Morgan fingerprint density at radius 2 is 1.36 bits per heavy atom. The zero-order chi connectivity index (χ0) is 22.5. The van der Waals surface area contributed by atoms with Crippen LogP contribution in [0.15, 0.2) is 105 Å². The minimum atomic E-state index is -0.858. The number of hydrogen-bond acceptors (Lipinski definition) is 6. The number of carbonyl (C=O) groups is 2. The lowest BCUT2D eigenvalue weighted by Crippen LogP contribution is -2.39. The average Bonchev–Trinajstić information content (AvgIpc) is 3.36. The fourth-order valence-corrected chi connectivity index (χ4v) is 4.59. The number of fused-ring (bicyclic) bond motifs is 2. The van der Waals surface area contributed by atoms with E-state index in [0.29, 0.717) is 33.6 Å². The fraction of sp³-hybridized carbons (Fsp3) is 0.0769. The fourth-order valence-electron chi connectivity index (χ4n) is 4.59. The van der Waals surface area contributed by atoms with Gasteiger partial charge in [-0.3, -0.25) is 14.6 Å². The van der Waals surface area contributed by atoms with E-state index in [9.17, 15) is 14.4 Å². The van der Waals surface area contributed by atoms with E-state index >= 15 is 0 Å². The maximum Gasteiger partial charge on any atom is 0.336 e. The number of hydrogen-bond donors (Lipinski definition) is 0. The molecule has 2 aliphatic rings. The van der Waals surface area contributed by atoms with Gasteiger partial charge in [0.1, 0.15) is 17.5 Å². The average molecular weight is 435 g/mol. The number of imide groups is 1. The highest BCUT2D eigenvalue weighted by Crippen LogP contribution is 2.40. The zero-order valence-electron chi connectivity index (χ0n) is 17.3. The summed E-state index contributed by atoms with van der Waals surface area (Å²) in [5, 5.41) is 6.98. The van der Waals surface area contributed by atoms with Gasteiger partial charge >= 0.3 is 5.63 Å². The second-order valence-electron chi connectivity index (χ2n) is 7.91. The van der Waals surface area contributed by atoms with Gasteiger partial charge in [0, 0.05) is 17.0 Å². The minimum Gasteiger partial charge on any atom is -0.423 e. The van der Waals surface area contributed by atoms with Crippen LogP contribution < -0.4 is 15.5 Å². The van der Waals surface area contributed by atoms with Gasteiger partial charge in [0.05, 0.1) is 17.1 Å². The summed E-state index contributed by atoms with van der Waals surface area (Å²) >= 11 is 0. The first kappa shape index (κ1) is 19.2. The van der Waals surface area contributed by atoms with E-state index in [-0.39, 0.29) is 11.8 Å². The summed E-state index contributed by atoms with van der Waals surface area (Å²) in [4.78, 5) is 40.8. The molecule has 2 amide bonds. The van der Waals surface area contributed by atoms with Crippen molar-refractivity contribution in [1.82, 2.24) is 0 Å². The lowest BCUT2D eigenvalue weighted by atomic mass is 9.91. The third kappa shape index (κ3) is 2.90. The van der Waals surface area contributed by atoms with Gasteiger partial charge in [-0.1, -0.05) is 54.6 Å². The maximum absolute atomic E-state index is 13.7. The summed E-state index contributed by atoms with van der Waals surface area (Å²) in [5.41, 5.74) is 1.92. The number of amides is 2. The van der Waals surface area contributed by atoms with Crippen molar-refractivity contribution in [3.05, 3.63) is 107 Å². The molecule has 0 saturated carbocycles. The Morgan fingerprint density at radius 1 is 0.727 bits per heavy atom. The number of hydrazone groups is 1. The highest BCUT2D eigenvalue weighted by molar-refractivity contribution is 6.35. The van der Waals surface area contributed by atoms with Gasteiger partial charge in [0.25, 0.3) is 5.91 Å². The number of anilines is 2. The monoisotopic (exact) mass is 435 g/mol. The van der Waals surface area contributed by atoms with Crippen LogP contribution in [0.25, 0.3) is 11.0 Å². The van der Waals surface area contributed by atoms with Crippen molar-refractivity contribution >= 4 is 39.9 Å². The van der Waals surface area contributed by atoms with Crippen LogP contribution in [0.1, 0.15) is 5.56 Å². The van der Waals surface area contributed by atoms with Crippen molar-refractivity contribution < 1.29 is 14.0 Å². The third-order valence-corrected chi connectivity index (χ3v) is 6.01. The summed E-state index contributed by atoms with van der Waals surface area (Å²) in [6.45, 7) is 0. The van der Waals surface area contributed by atoms with Crippen molar-refractivity contribution in [2.75, 3.05) is 9.91 Å². The van der Waals surface area contributed by atoms with Gasteiger partial charge in [-0.2, -0.15) is 5.10 Å². The predicted molar refractivity (Wildman–Crippen MR) is 124 cm³/mol. The number of nitrogens with zero attached hydrogens (tertiary/aromatic N) is 3. The highest BCUT2D eigenvalue weighted by atomic mass is 16.4. The van der Waals surface area contributed by atoms with Gasteiger partial charge in [-0.05, 0) is 30.3 Å². The molecule has 1 saturated heterocycles. The second kappa shape index (κ2) is 7.27. The lowest BCUT2D eigenvalue weighted by Gasteiger charge is -2.22. The van der Waals surface area contributed by atoms with E-state index in [0.717, 1.165) is 0 Å². The second-order valence-corrected chi connectivity index (χ2v) is 7.91. The Balaban J connectivity index is 1.57. The minimum absolute atomic E-state index is 0.355. The summed E-state index contributed by atoms with van der Waals surface area (Å²) in [6, 6.07) is 25.7. The molecule has 6 rings (SSSR count). The molecule has 0 radical (unpaired) electrons. The SMILES string of the molecule is O=C1[C@H]2C(c3cc(=O)oc4ccccc34)=NN(c3ccccc3)[C@H]2C(=O)N1c1ccccc1. The van der Waals surface area contributed by atoms with E-state index in [1.807, 2.05) is 48.5 Å². The molecule has 1 fully saturated rings. The van der Waals surface area contributed by atoms with Crippen LogP contribution in [-0.2, 0) is 9.59 Å². The first-order chi connectivity index (χ1) is 16.1. The Labute approximate surface area is 188 Å². The Kier molecular flexibility index (Phi) is 4.23. The van der Waals surface area contributed by atoms with Gasteiger partial charge in [-0.15, -0.1) is 0 Å². The largest absolute Gasteiger partial charge is 0.423 e. The molecule has 2 aliphatic heterocycles. The Morgan fingerprint density at radius 3 is 2.09 bits per heavy atom. The normalized spacial score (nSPS) is 19.8. The number of rotatable bonds is 3. The van der Waals surface area contributed by atoms with E-state index in [2.05, 4.69) is 0 Å². The van der Waals surface area contributed by atoms with Crippen LogP contribution in [0.4, 0.5) is 11.4 Å². The molecule has 7 nitrogen and oxygen atoms in total. The molecule has 160 valence electrons. The van der Waals surface area contributed by atoms with Crippen LogP contribution in [0.5, 0.6) is 0 Å². The van der Waals surface area contributed by atoms with Crippen LogP contribution in [0, 0.1) is 5.92 Å². The van der Waals surface area contributed by atoms with Crippen molar-refractivity contribution in [2.24, 2.45) is 11.0 Å². The van der Waals surface area contributed by atoms with Crippen LogP contribution in [0.3, 0.4) is 0 Å². The molecule has 0 N–H and O–H groups in total. The van der Waals surface area contributed by atoms with E-state index in [1.165, 1.54) is 11.0 Å². The number of para-hydroxylation sites is 3. The van der Waals surface area contributed by atoms with Crippen LogP contribution >= 0.6 is 0 Å². The van der Waals surface area contributed by atoms with E-state index in [4.69, 9.17) is 9.52 Å². The third-order valence-electron chi connectivity index (χ3n) is 6.01. The van der Waals surface area contributed by atoms with Crippen molar-refractivity contribution in [2.45, 2.75) is 6.04 Å². The summed E-state index contributed by atoms with van der Waals surface area (Å²) in [6.07, 6.45) is 0. The molecule has 0 unspecified atom stereocenters. The molecular weight excluding hydrogens is 418 g/mol. The van der Waals surface area contributed by atoms with Crippen molar-refractivity contribution in [3.8, 4) is 0 Å². The molecule has 0 aliphatic carbocycles. The van der Waals surface area contributed by atoms with Crippen molar-refractivity contribution in [3.63, 3.8) is 0 Å². The Hall–Kier alpha value is -4.52. The molecule has 2 atom stereocenters. The van der Waals surface area contributed by atoms with Crippen molar-refractivity contribution in [1.29, 1.82) is 0 Å². The zero-order valence-corrected chi connectivity index (χ0v) is 17.3. The smallest absolute Gasteiger partial charge is 0.336 e. The van der Waals surface area contributed by atoms with Crippen LogP contribution in [0.2, 0.25) is 0 Å². The van der Waals surface area contributed by atoms with Gasteiger partial charge in [-0.25, -0.2) is 9.69 Å². The highest BCUT2D eigenvalue weighted by Gasteiger charge is 2.57. The predicted octanol–water partition coefficient (Wildman–Crippen LogP) is 3.58. The van der Waals surface area contributed by atoms with E-state index < -0.39 is 17.6 Å². The molecule has 0 spiro atoms. The first-order valence-corrected chi connectivity index (χ1v) is 10.5. The lowest BCUT2D eigenvalue weighted by molar-refractivity contribution is -0.121. The van der Waals surface area contributed by atoms with Crippen LogP contribution in [-0.4, -0.2) is 23.6 Å². The first-order valence-electron chi connectivity index (χ1n) is 10.5. The summed E-state index contributed by atoms with van der Waals surface area (Å²) in [5.74, 6) is -1.58. The van der Waals surface area contributed by atoms with Gasteiger partial charge < -0.3 is 4.42 Å². The molecule has 3 aromatic carbocycles. The maximum atomic E-state index is 13.7. The molecule has 4 aromatic rings. The standard InChI is InChI=1S/C26H17N3O4/c30-21-15-19(18-13-7-8-14-20(18)33-21)23-22-24(29(27-23)17-11-5-2-6-12-17)26(32)28(25(22)31)16-9-3-1-4-10-16/h1-15,22,24H/t22-,24+/m0/s1. The van der Waals surface area contributed by atoms with Gasteiger partial charge in [0.2, 0.25) is 5.91 Å².